The van der Waals surface area contributed by atoms with E-state index in [0.29, 0.717) is 0 Å². The molecule has 3 aliphatic heterocycles. The number of esters is 5. The van der Waals surface area contributed by atoms with E-state index in [1.807, 2.05) is 0 Å². The molecule has 3 rings (SSSR count). The average molecular weight is 649 g/mol. The smallest absolute Gasteiger partial charge is 0.315 e. The van der Waals surface area contributed by atoms with Gasteiger partial charge in [-0.15, -0.1) is 0 Å². The molecule has 0 radical (unpaired) electrons. The van der Waals surface area contributed by atoms with Gasteiger partial charge in [0.05, 0.1) is 6.04 Å². The molecule has 0 aliphatic carbocycles. The molecule has 0 aromatic rings. The Hall–Kier alpha value is -3.58. The molecule has 0 spiro atoms. The number of ether oxygens (including phenoxy) is 10. The Bertz CT molecular complexity index is 1130. The maximum atomic E-state index is 13.2. The van der Waals surface area contributed by atoms with Gasteiger partial charge >= 0.3 is 35.9 Å². The van der Waals surface area contributed by atoms with Gasteiger partial charge in [-0.25, -0.2) is 4.79 Å². The summed E-state index contributed by atoms with van der Waals surface area (Å²) in [7, 11) is 1.25. The first-order valence-corrected chi connectivity index (χ1v) is 14.1. The Kier molecular flexibility index (Phi) is 12.1. The average Bonchev–Trinajstić information content (AvgIpc) is 3.39. The molecule has 10 atom stereocenters. The number of carbonyl (C=O) groups is 6. The molecule has 2 amide bonds. The van der Waals surface area contributed by atoms with Gasteiger partial charge in [0.2, 0.25) is 6.29 Å². The van der Waals surface area contributed by atoms with Crippen LogP contribution >= 0.6 is 0 Å². The zero-order valence-corrected chi connectivity index (χ0v) is 26.2. The summed E-state index contributed by atoms with van der Waals surface area (Å²) in [6.07, 6.45) is -10.3. The molecule has 18 heteroatoms. The second-order valence-corrected chi connectivity index (χ2v) is 10.9. The lowest BCUT2D eigenvalue weighted by Crippen LogP contribution is -2.64. The van der Waals surface area contributed by atoms with Crippen LogP contribution in [0.15, 0.2) is 0 Å². The molecule has 45 heavy (non-hydrogen) atoms. The van der Waals surface area contributed by atoms with E-state index >= 15 is 0 Å². The highest BCUT2D eigenvalue weighted by molar-refractivity contribution is 5.74. The van der Waals surface area contributed by atoms with Crippen LogP contribution in [0.25, 0.3) is 0 Å². The Morgan fingerprint density at radius 1 is 0.711 bits per heavy atom. The van der Waals surface area contributed by atoms with Gasteiger partial charge in [0, 0.05) is 48.3 Å². The lowest BCUT2D eigenvalue weighted by molar-refractivity contribution is -0.296. The molecule has 0 aromatic carbocycles. The van der Waals surface area contributed by atoms with E-state index < -0.39 is 103 Å². The molecule has 3 heterocycles. The first kappa shape index (κ1) is 35.9. The van der Waals surface area contributed by atoms with Crippen molar-refractivity contribution in [2.24, 2.45) is 0 Å². The largest absolute Gasteiger partial charge is 0.464 e. The first-order chi connectivity index (χ1) is 21.0. The molecular formula is C27H40N2O16. The van der Waals surface area contributed by atoms with Crippen molar-refractivity contribution in [2.75, 3.05) is 20.3 Å². The summed E-state index contributed by atoms with van der Waals surface area (Å²) in [5.74, 6) is -4.64. The van der Waals surface area contributed by atoms with E-state index in [-0.39, 0.29) is 13.2 Å². The minimum absolute atomic E-state index is 0.339. The number of hydrogen-bond donors (Lipinski definition) is 2. The van der Waals surface area contributed by atoms with Gasteiger partial charge in [0.1, 0.15) is 24.9 Å². The van der Waals surface area contributed by atoms with E-state index in [9.17, 15) is 28.8 Å². The van der Waals surface area contributed by atoms with Crippen LogP contribution in [-0.2, 0) is 71.3 Å². The monoisotopic (exact) mass is 648 g/mol. The highest BCUT2D eigenvalue weighted by atomic mass is 16.8. The third kappa shape index (κ3) is 9.70. The minimum Gasteiger partial charge on any atom is -0.464 e. The molecule has 0 bridgehead atoms. The normalized spacial score (nSPS) is 32.3. The molecule has 3 saturated heterocycles. The minimum atomic E-state index is -1.36. The van der Waals surface area contributed by atoms with Crippen molar-refractivity contribution in [1.82, 2.24) is 10.6 Å². The van der Waals surface area contributed by atoms with Gasteiger partial charge in [-0.05, 0) is 13.8 Å². The third-order valence-electron chi connectivity index (χ3n) is 6.70. The van der Waals surface area contributed by atoms with Crippen molar-refractivity contribution in [3.8, 4) is 0 Å². The molecule has 2 N–H and O–H groups in total. The second kappa shape index (κ2) is 15.1. The SMILES string of the molecule is CO[C@H]1O[C@H](CNC(=O)N[C@@H](COC(C)=O)[C@H]2O[C@H](OC(C)=O)[C@H]3OC(C)(C)O[C@H]32)[C@@H](OC(C)=O)[C@H](OC(C)=O)[C@H]1OC(C)=O. The van der Waals surface area contributed by atoms with Gasteiger partial charge in [0.15, 0.2) is 36.5 Å². The van der Waals surface area contributed by atoms with Crippen LogP contribution in [0.3, 0.4) is 0 Å². The number of fused-ring (bicyclic) bond motifs is 1. The van der Waals surface area contributed by atoms with Crippen molar-refractivity contribution in [2.45, 2.75) is 116 Å². The Morgan fingerprint density at radius 3 is 1.82 bits per heavy atom. The van der Waals surface area contributed by atoms with Gasteiger partial charge in [-0.1, -0.05) is 0 Å². The van der Waals surface area contributed by atoms with E-state index in [1.165, 1.54) is 21.0 Å². The number of methoxy groups -OCH3 is 1. The number of rotatable bonds is 11. The van der Waals surface area contributed by atoms with Gasteiger partial charge in [-0.3, -0.25) is 24.0 Å². The van der Waals surface area contributed by atoms with Crippen LogP contribution in [0.2, 0.25) is 0 Å². The molecular weight excluding hydrogens is 608 g/mol. The summed E-state index contributed by atoms with van der Waals surface area (Å²) >= 11 is 0. The predicted octanol–water partition coefficient (Wildman–Crippen LogP) is -0.808. The fourth-order valence-corrected chi connectivity index (χ4v) is 5.22. The van der Waals surface area contributed by atoms with Crippen LogP contribution < -0.4 is 10.6 Å². The van der Waals surface area contributed by atoms with Crippen LogP contribution in [0.5, 0.6) is 0 Å². The lowest BCUT2D eigenvalue weighted by Gasteiger charge is -2.44. The number of urea groups is 1. The summed E-state index contributed by atoms with van der Waals surface area (Å²) in [4.78, 5) is 72.3. The summed E-state index contributed by atoms with van der Waals surface area (Å²) in [6.45, 7) is 8.33. The van der Waals surface area contributed by atoms with Gasteiger partial charge in [0.25, 0.3) is 0 Å². The van der Waals surface area contributed by atoms with E-state index in [4.69, 9.17) is 47.4 Å². The molecule has 0 unspecified atom stereocenters. The lowest BCUT2D eigenvalue weighted by atomic mass is 9.97. The second-order valence-electron chi connectivity index (χ2n) is 10.9. The van der Waals surface area contributed by atoms with Crippen molar-refractivity contribution >= 4 is 35.9 Å². The highest BCUT2D eigenvalue weighted by Crippen LogP contribution is 2.40. The Balaban J connectivity index is 1.79. The summed E-state index contributed by atoms with van der Waals surface area (Å²) in [5, 5.41) is 5.22. The topological polar surface area (TPSA) is 219 Å². The van der Waals surface area contributed by atoms with Crippen LogP contribution in [-0.4, -0.2) is 123 Å². The fraction of sp³-hybridized carbons (Fsp3) is 0.778. The molecule has 3 aliphatic rings. The first-order valence-electron chi connectivity index (χ1n) is 14.1. The zero-order valence-electron chi connectivity index (χ0n) is 26.2. The molecule has 0 saturated carbocycles. The summed E-state index contributed by atoms with van der Waals surface area (Å²) in [5.41, 5.74) is 0. The van der Waals surface area contributed by atoms with Crippen molar-refractivity contribution in [3.63, 3.8) is 0 Å². The molecule has 18 nitrogen and oxygen atoms in total. The van der Waals surface area contributed by atoms with Crippen molar-refractivity contribution in [1.29, 1.82) is 0 Å². The maximum absolute atomic E-state index is 13.2. The Morgan fingerprint density at radius 2 is 1.27 bits per heavy atom. The molecule has 0 aromatic heterocycles. The quantitative estimate of drug-likeness (QED) is 0.207. The summed E-state index contributed by atoms with van der Waals surface area (Å²) in [6, 6.07) is -1.85. The Labute approximate surface area is 258 Å². The van der Waals surface area contributed by atoms with Crippen LogP contribution in [0.4, 0.5) is 4.79 Å². The van der Waals surface area contributed by atoms with Crippen LogP contribution in [0.1, 0.15) is 48.5 Å². The zero-order chi connectivity index (χ0) is 33.6. The molecule has 254 valence electrons. The van der Waals surface area contributed by atoms with Crippen molar-refractivity contribution in [3.05, 3.63) is 0 Å². The number of nitrogens with one attached hydrogen (secondary N) is 2. The predicted molar refractivity (Wildman–Crippen MR) is 144 cm³/mol. The number of amides is 2. The van der Waals surface area contributed by atoms with Crippen LogP contribution in [0, 0.1) is 0 Å². The standard InChI is InChI=1S/C27H40N2O16/c1-11(30)37-10-16(18-21-23(45-27(6,7)44-21)25(43-18)41-15(5)34)29-26(35)28-9-17-19(38-12(2)31)20(39-13(3)32)22(40-14(4)33)24(36-8)42-17/h16-25H,9-10H2,1-8H3,(H2,28,29,35)/t16-,17+,18+,19+,20-,21-,22+,23-,24-,25-/m0/s1. The number of hydrogen-bond acceptors (Lipinski definition) is 16. The van der Waals surface area contributed by atoms with E-state index in [1.54, 1.807) is 13.8 Å². The number of carbonyl (C=O) groups excluding carboxylic acids is 6. The molecule has 3 fully saturated rings. The third-order valence-corrected chi connectivity index (χ3v) is 6.70. The summed E-state index contributed by atoms with van der Waals surface area (Å²) < 4.78 is 55.3. The highest BCUT2D eigenvalue weighted by Gasteiger charge is 2.59. The van der Waals surface area contributed by atoms with E-state index in [0.717, 1.165) is 20.8 Å². The van der Waals surface area contributed by atoms with Crippen molar-refractivity contribution < 1.29 is 76.1 Å². The fourth-order valence-electron chi connectivity index (χ4n) is 5.22. The van der Waals surface area contributed by atoms with Gasteiger partial charge in [-0.2, -0.15) is 0 Å². The van der Waals surface area contributed by atoms with Gasteiger partial charge < -0.3 is 58.0 Å². The maximum Gasteiger partial charge on any atom is 0.315 e. The van der Waals surface area contributed by atoms with E-state index in [2.05, 4.69) is 10.6 Å².